The summed E-state index contributed by atoms with van der Waals surface area (Å²) in [5.41, 5.74) is 2.27. The molecule has 1 aliphatic heterocycles. The summed E-state index contributed by atoms with van der Waals surface area (Å²) in [6.45, 7) is 1.77. The van der Waals surface area contributed by atoms with Gasteiger partial charge < -0.3 is 14.9 Å². The Morgan fingerprint density at radius 1 is 1.22 bits per heavy atom. The van der Waals surface area contributed by atoms with Gasteiger partial charge in [0, 0.05) is 30.0 Å². The number of halogens is 2. The molecule has 1 aromatic carbocycles. The second-order valence-electron chi connectivity index (χ2n) is 8.20. The minimum absolute atomic E-state index is 0.0232. The third-order valence-corrected chi connectivity index (χ3v) is 6.50. The molecule has 0 bridgehead atoms. The summed E-state index contributed by atoms with van der Waals surface area (Å²) in [5.74, 6) is -6.39. The zero-order valence-corrected chi connectivity index (χ0v) is 17.2. The van der Waals surface area contributed by atoms with Gasteiger partial charge in [-0.3, -0.25) is 9.59 Å². The maximum Gasteiger partial charge on any atom is 0.427 e. The number of hydrogen-bond acceptors (Lipinski definition) is 7. The van der Waals surface area contributed by atoms with Crippen molar-refractivity contribution < 1.29 is 38.1 Å². The van der Waals surface area contributed by atoms with Crippen molar-refractivity contribution in [2.24, 2.45) is 28.8 Å². The Bertz CT molecular complexity index is 986. The molecule has 1 aromatic rings. The number of carbonyl (C=O) groups is 3. The molecule has 6 atom stereocenters. The lowest BCUT2D eigenvalue weighted by molar-refractivity contribution is -0.132. The van der Waals surface area contributed by atoms with E-state index in [0.29, 0.717) is 23.1 Å². The summed E-state index contributed by atoms with van der Waals surface area (Å²) in [6, 6.07) is 2.57. The predicted octanol–water partition coefficient (Wildman–Crippen LogP) is 1.32. The van der Waals surface area contributed by atoms with Crippen molar-refractivity contribution in [1.82, 2.24) is 5.43 Å². The maximum absolute atomic E-state index is 14.4. The molecule has 0 aromatic heterocycles. The highest BCUT2D eigenvalue weighted by Gasteiger charge is 2.60. The van der Waals surface area contributed by atoms with Crippen LogP contribution < -0.4 is 10.3 Å². The maximum atomic E-state index is 14.4. The Hall–Kier alpha value is -2.92. The Balaban J connectivity index is 1.66. The molecule has 2 saturated carbocycles. The fraction of sp³-hybridized carbons (Fsp3) is 0.524. The van der Waals surface area contributed by atoms with E-state index >= 15 is 0 Å². The lowest BCUT2D eigenvalue weighted by Crippen LogP contribution is -2.55. The molecule has 0 radical (unpaired) electrons. The van der Waals surface area contributed by atoms with Crippen LogP contribution in [0.1, 0.15) is 26.2 Å². The van der Waals surface area contributed by atoms with E-state index in [1.807, 2.05) is 0 Å². The number of nitrogens with one attached hydrogen (secondary N) is 1. The van der Waals surface area contributed by atoms with E-state index in [9.17, 15) is 33.4 Å². The topological polar surface area (TPSA) is 129 Å². The molecular weight excluding hydrogens is 428 g/mol. The van der Waals surface area contributed by atoms with Crippen LogP contribution >= 0.6 is 0 Å². The number of aliphatic hydroxyl groups is 2. The van der Waals surface area contributed by atoms with Gasteiger partial charge in [-0.2, -0.15) is 5.10 Å². The zero-order chi connectivity index (χ0) is 23.2. The molecule has 3 N–H and O–H groups in total. The van der Waals surface area contributed by atoms with Crippen LogP contribution in [0.5, 0.6) is 0 Å². The van der Waals surface area contributed by atoms with Gasteiger partial charge in [0.2, 0.25) is 11.8 Å². The van der Waals surface area contributed by atoms with Gasteiger partial charge >= 0.3 is 6.09 Å². The van der Waals surface area contributed by atoms with E-state index in [4.69, 9.17) is 4.74 Å². The van der Waals surface area contributed by atoms with Gasteiger partial charge in [-0.15, -0.1) is 0 Å². The second kappa shape index (κ2) is 8.55. The number of hydrogen-bond donors (Lipinski definition) is 3. The molecule has 32 heavy (non-hydrogen) atoms. The molecule has 1 heterocycles. The molecule has 3 amide bonds. The third kappa shape index (κ3) is 3.65. The number of benzene rings is 1. The summed E-state index contributed by atoms with van der Waals surface area (Å²) >= 11 is 0. The number of carbonyl (C=O) groups excluding carboxylic acids is 3. The normalized spacial score (nSPS) is 33.2. The quantitative estimate of drug-likeness (QED) is 0.470. The number of fused-ring (bicyclic) bond motifs is 3. The van der Waals surface area contributed by atoms with E-state index < -0.39 is 65.4 Å². The number of rotatable bonds is 3. The van der Waals surface area contributed by atoms with E-state index in [-0.39, 0.29) is 25.1 Å². The van der Waals surface area contributed by atoms with Crippen LogP contribution in [0.3, 0.4) is 0 Å². The second-order valence-corrected chi connectivity index (χ2v) is 8.20. The Labute approximate surface area is 182 Å². The van der Waals surface area contributed by atoms with Crippen LogP contribution in [0.15, 0.2) is 23.3 Å². The van der Waals surface area contributed by atoms with Crippen molar-refractivity contribution in [3.8, 4) is 0 Å². The van der Waals surface area contributed by atoms with Gasteiger partial charge in [-0.05, 0) is 31.9 Å². The van der Waals surface area contributed by atoms with E-state index in [0.717, 1.165) is 12.1 Å². The molecule has 2 aliphatic carbocycles. The van der Waals surface area contributed by atoms with Crippen LogP contribution in [0.2, 0.25) is 0 Å². The first-order valence-corrected chi connectivity index (χ1v) is 10.4. The molecule has 9 nitrogen and oxygen atoms in total. The van der Waals surface area contributed by atoms with Crippen LogP contribution in [0, 0.1) is 35.3 Å². The first kappa shape index (κ1) is 22.3. The third-order valence-electron chi connectivity index (χ3n) is 6.50. The highest BCUT2D eigenvalue weighted by molar-refractivity contribution is 6.22. The fourth-order valence-corrected chi connectivity index (χ4v) is 5.18. The smallest absolute Gasteiger partial charge is 0.427 e. The van der Waals surface area contributed by atoms with Crippen molar-refractivity contribution in [1.29, 1.82) is 0 Å². The highest BCUT2D eigenvalue weighted by atomic mass is 19.1. The summed E-state index contributed by atoms with van der Waals surface area (Å²) in [7, 11) is 0. The molecule has 3 aliphatic rings. The van der Waals surface area contributed by atoms with Crippen LogP contribution in [0.25, 0.3) is 0 Å². The fourth-order valence-electron chi connectivity index (χ4n) is 5.18. The number of aliphatic hydroxyl groups excluding tert-OH is 2. The van der Waals surface area contributed by atoms with Gasteiger partial charge in [0.15, 0.2) is 0 Å². The number of imide groups is 1. The van der Waals surface area contributed by atoms with Crippen LogP contribution in [-0.4, -0.2) is 52.6 Å². The molecule has 3 fully saturated rings. The van der Waals surface area contributed by atoms with Crippen LogP contribution in [0.4, 0.5) is 19.3 Å². The minimum atomic E-state index is -1.32. The summed E-state index contributed by atoms with van der Waals surface area (Å²) < 4.78 is 32.4. The van der Waals surface area contributed by atoms with Crippen molar-refractivity contribution in [3.63, 3.8) is 0 Å². The number of hydrazone groups is 1. The number of anilines is 1. The zero-order valence-electron chi connectivity index (χ0n) is 17.2. The molecule has 11 heteroatoms. The predicted molar refractivity (Wildman–Crippen MR) is 106 cm³/mol. The molecule has 4 rings (SSSR count). The molecule has 0 unspecified atom stereocenters. The standard InChI is InChI=1S/C21H23F2N3O6/c1-2-32-21(31)25-24-13-8-15(27)18(28)16-10(13)4-5-11-17(16)20(30)26(19(11)29)14-6-3-9(22)7-12(14)23/h3,6-7,10-11,15-18,27-28H,2,4-5,8H2,1H3,(H,25,31)/t10-,11-,15-,16+,17-,18-/m1/s1. The number of ether oxygens (including phenoxy) is 1. The highest BCUT2D eigenvalue weighted by Crippen LogP contribution is 2.50. The lowest BCUT2D eigenvalue weighted by Gasteiger charge is -2.45. The average Bonchev–Trinajstić information content (AvgIpc) is 3.00. The number of nitrogens with zero attached hydrogens (tertiary/aromatic N) is 2. The Morgan fingerprint density at radius 2 is 1.94 bits per heavy atom. The SMILES string of the molecule is CCOC(=O)NN=C1C[C@@H](O)[C@@H](O)[C@@H]2[C@@H]3C(=O)N(c4ccc(F)cc4F)C(=O)[C@@H]3CC[C@H]12. The Kier molecular flexibility index (Phi) is 5.95. The summed E-state index contributed by atoms with van der Waals surface area (Å²) in [4.78, 5) is 38.6. The lowest BCUT2D eigenvalue weighted by atomic mass is 9.60. The van der Waals surface area contributed by atoms with Gasteiger partial charge in [0.05, 0.1) is 36.3 Å². The molecular formula is C21H23F2N3O6. The van der Waals surface area contributed by atoms with Gasteiger partial charge in [0.25, 0.3) is 0 Å². The number of amides is 3. The first-order valence-electron chi connectivity index (χ1n) is 10.4. The van der Waals surface area contributed by atoms with Gasteiger partial charge in [0.1, 0.15) is 11.6 Å². The minimum Gasteiger partial charge on any atom is -0.449 e. The van der Waals surface area contributed by atoms with Crippen LogP contribution in [-0.2, 0) is 14.3 Å². The van der Waals surface area contributed by atoms with Crippen molar-refractivity contribution in [2.75, 3.05) is 11.5 Å². The molecule has 1 saturated heterocycles. The van der Waals surface area contributed by atoms with E-state index in [2.05, 4.69) is 10.5 Å². The van der Waals surface area contributed by atoms with E-state index in [1.54, 1.807) is 6.92 Å². The summed E-state index contributed by atoms with van der Waals surface area (Å²) in [6.07, 6.45) is -2.74. The van der Waals surface area contributed by atoms with Crippen molar-refractivity contribution in [3.05, 3.63) is 29.8 Å². The first-order chi connectivity index (χ1) is 15.2. The monoisotopic (exact) mass is 451 g/mol. The summed E-state index contributed by atoms with van der Waals surface area (Å²) in [5, 5.41) is 25.2. The van der Waals surface area contributed by atoms with Gasteiger partial charge in [-0.1, -0.05) is 0 Å². The van der Waals surface area contributed by atoms with E-state index in [1.165, 1.54) is 0 Å². The van der Waals surface area contributed by atoms with Gasteiger partial charge in [-0.25, -0.2) is 23.9 Å². The largest absolute Gasteiger partial charge is 0.449 e. The average molecular weight is 451 g/mol. The van der Waals surface area contributed by atoms with Crippen molar-refractivity contribution >= 4 is 29.3 Å². The van der Waals surface area contributed by atoms with Crippen molar-refractivity contribution in [2.45, 2.75) is 38.4 Å². The Morgan fingerprint density at radius 3 is 2.62 bits per heavy atom. The molecule has 0 spiro atoms. The molecule has 172 valence electrons.